The fraction of sp³-hybridized carbons (Fsp3) is 0.529. The summed E-state index contributed by atoms with van der Waals surface area (Å²) in [5.41, 5.74) is 0.173. The first-order valence-corrected chi connectivity index (χ1v) is 8.16. The van der Waals surface area contributed by atoms with E-state index in [1.54, 1.807) is 12.1 Å². The third kappa shape index (κ3) is 3.52. The second-order valence-corrected chi connectivity index (χ2v) is 6.18. The van der Waals surface area contributed by atoms with Crippen molar-refractivity contribution in [1.29, 1.82) is 0 Å². The molecule has 1 saturated carbocycles. The van der Waals surface area contributed by atoms with Gasteiger partial charge in [-0.05, 0) is 25.1 Å². The predicted octanol–water partition coefficient (Wildman–Crippen LogP) is 1.56. The molecule has 1 N–H and O–H groups in total. The van der Waals surface area contributed by atoms with Gasteiger partial charge in [-0.2, -0.15) is 0 Å². The number of para-hydroxylation sites is 1. The molecule has 5 nitrogen and oxygen atoms in total. The van der Waals surface area contributed by atoms with Crippen LogP contribution < -0.4 is 5.32 Å². The van der Waals surface area contributed by atoms with Gasteiger partial charge in [0.1, 0.15) is 5.82 Å². The quantitative estimate of drug-likeness (QED) is 0.916. The van der Waals surface area contributed by atoms with Crippen molar-refractivity contribution < 1.29 is 14.0 Å². The van der Waals surface area contributed by atoms with Crippen LogP contribution >= 0.6 is 0 Å². The summed E-state index contributed by atoms with van der Waals surface area (Å²) in [5, 5.41) is 2.58. The predicted molar refractivity (Wildman–Crippen MR) is 85.3 cm³/mol. The monoisotopic (exact) mass is 319 g/mol. The minimum atomic E-state index is -0.458. The summed E-state index contributed by atoms with van der Waals surface area (Å²) in [7, 11) is 0. The minimum absolute atomic E-state index is 0.0643. The van der Waals surface area contributed by atoms with E-state index < -0.39 is 5.82 Å². The maximum Gasteiger partial charge on any atom is 0.228 e. The number of piperazine rings is 1. The number of carbonyl (C=O) groups excluding carboxylic acids is 2. The molecule has 1 saturated heterocycles. The zero-order valence-electron chi connectivity index (χ0n) is 13.3. The highest BCUT2D eigenvalue weighted by atomic mass is 19.1. The Balaban J connectivity index is 1.52. The number of halogens is 1. The van der Waals surface area contributed by atoms with Gasteiger partial charge >= 0.3 is 0 Å². The molecule has 23 heavy (non-hydrogen) atoms. The van der Waals surface area contributed by atoms with Gasteiger partial charge in [0, 0.05) is 26.2 Å². The Morgan fingerprint density at radius 2 is 1.87 bits per heavy atom. The lowest BCUT2D eigenvalue weighted by atomic mass is 10.2. The second kappa shape index (κ2) is 6.66. The lowest BCUT2D eigenvalue weighted by Gasteiger charge is -2.34. The molecule has 2 amide bonds. The van der Waals surface area contributed by atoms with Crippen molar-refractivity contribution >= 4 is 17.5 Å². The van der Waals surface area contributed by atoms with E-state index in [2.05, 4.69) is 17.1 Å². The molecule has 0 radical (unpaired) electrons. The molecule has 0 bridgehead atoms. The summed E-state index contributed by atoms with van der Waals surface area (Å²) >= 11 is 0. The summed E-state index contributed by atoms with van der Waals surface area (Å²) in [6.07, 6.45) is 0.563. The first kappa shape index (κ1) is 15.9. The number of hydrogen-bond donors (Lipinski definition) is 1. The maximum absolute atomic E-state index is 13.6. The first-order valence-electron chi connectivity index (χ1n) is 8.16. The largest absolute Gasteiger partial charge is 0.340 e. The molecule has 2 aliphatic rings. The molecule has 2 atom stereocenters. The average Bonchev–Trinajstić information content (AvgIpc) is 3.37. The van der Waals surface area contributed by atoms with Crippen molar-refractivity contribution in [3.05, 3.63) is 30.1 Å². The molecule has 1 heterocycles. The zero-order chi connectivity index (χ0) is 16.4. The van der Waals surface area contributed by atoms with E-state index in [0.29, 0.717) is 6.42 Å². The van der Waals surface area contributed by atoms with Gasteiger partial charge in [0.2, 0.25) is 11.8 Å². The van der Waals surface area contributed by atoms with Crippen LogP contribution in [0.2, 0.25) is 0 Å². The Morgan fingerprint density at radius 1 is 1.17 bits per heavy atom. The summed E-state index contributed by atoms with van der Waals surface area (Å²) in [5.74, 6) is -1.23. The molecule has 1 aromatic carbocycles. The van der Waals surface area contributed by atoms with Crippen molar-refractivity contribution in [3.63, 3.8) is 0 Å². The first-order chi connectivity index (χ1) is 11.1. The number of likely N-dealkylation sites (N-methyl/N-ethyl adjacent to an activating group) is 1. The van der Waals surface area contributed by atoms with E-state index in [9.17, 15) is 14.0 Å². The molecule has 6 heteroatoms. The Labute approximate surface area is 135 Å². The lowest BCUT2D eigenvalue weighted by molar-refractivity contribution is -0.135. The number of anilines is 1. The highest BCUT2D eigenvalue weighted by Crippen LogP contribution is 2.41. The van der Waals surface area contributed by atoms with Crippen LogP contribution in [0.3, 0.4) is 0 Å². The summed E-state index contributed by atoms with van der Waals surface area (Å²) in [6.45, 7) is 6.35. The highest BCUT2D eigenvalue weighted by Gasteiger charge is 2.49. The van der Waals surface area contributed by atoms with Crippen molar-refractivity contribution in [2.45, 2.75) is 13.3 Å². The second-order valence-electron chi connectivity index (χ2n) is 6.18. The van der Waals surface area contributed by atoms with E-state index in [1.807, 2.05) is 4.90 Å². The van der Waals surface area contributed by atoms with Crippen LogP contribution in [-0.4, -0.2) is 54.3 Å². The van der Waals surface area contributed by atoms with Crippen molar-refractivity contribution in [2.75, 3.05) is 38.0 Å². The van der Waals surface area contributed by atoms with Crippen LogP contribution in [-0.2, 0) is 9.59 Å². The zero-order valence-corrected chi connectivity index (χ0v) is 13.3. The topological polar surface area (TPSA) is 52.7 Å². The van der Waals surface area contributed by atoms with E-state index in [0.717, 1.165) is 32.7 Å². The third-order valence-electron chi connectivity index (χ3n) is 4.71. The van der Waals surface area contributed by atoms with Crippen molar-refractivity contribution in [2.24, 2.45) is 11.8 Å². The van der Waals surface area contributed by atoms with E-state index in [1.165, 1.54) is 12.1 Å². The smallest absolute Gasteiger partial charge is 0.228 e. The SMILES string of the molecule is CCN1CCN(C(=O)C2CC2C(=O)Nc2ccccc2F)CC1. The fourth-order valence-electron chi connectivity index (χ4n) is 3.06. The molecular weight excluding hydrogens is 297 g/mol. The fourth-order valence-corrected chi connectivity index (χ4v) is 3.06. The standard InChI is InChI=1S/C17H22FN3O2/c1-2-20-7-9-21(10-8-20)17(23)13-11-12(13)16(22)19-15-6-4-3-5-14(15)18/h3-6,12-13H,2,7-11H2,1H3,(H,19,22). The van der Waals surface area contributed by atoms with Crippen molar-refractivity contribution in [1.82, 2.24) is 9.80 Å². The third-order valence-corrected chi connectivity index (χ3v) is 4.71. The van der Waals surface area contributed by atoms with Gasteiger partial charge in [-0.25, -0.2) is 4.39 Å². The van der Waals surface area contributed by atoms with Crippen LogP contribution in [0.15, 0.2) is 24.3 Å². The molecule has 1 aliphatic heterocycles. The molecule has 3 rings (SSSR count). The number of amides is 2. The molecule has 1 aliphatic carbocycles. The van der Waals surface area contributed by atoms with Gasteiger partial charge < -0.3 is 15.1 Å². The Morgan fingerprint density at radius 3 is 2.52 bits per heavy atom. The van der Waals surface area contributed by atoms with Crippen LogP contribution in [0.5, 0.6) is 0 Å². The van der Waals surface area contributed by atoms with Gasteiger partial charge in [-0.15, -0.1) is 0 Å². The number of nitrogens with one attached hydrogen (secondary N) is 1. The Kier molecular flexibility index (Phi) is 4.61. The van der Waals surface area contributed by atoms with Gasteiger partial charge in [0.05, 0.1) is 17.5 Å². The van der Waals surface area contributed by atoms with Gasteiger partial charge in [-0.3, -0.25) is 9.59 Å². The molecule has 2 fully saturated rings. The molecule has 1 aromatic rings. The molecule has 124 valence electrons. The normalized spacial score (nSPS) is 24.3. The van der Waals surface area contributed by atoms with Crippen LogP contribution in [0.25, 0.3) is 0 Å². The Hall–Kier alpha value is -1.95. The minimum Gasteiger partial charge on any atom is -0.340 e. The Bertz CT molecular complexity index is 599. The molecule has 0 aromatic heterocycles. The molecule has 2 unspecified atom stereocenters. The number of rotatable bonds is 4. The van der Waals surface area contributed by atoms with E-state index in [4.69, 9.17) is 0 Å². The maximum atomic E-state index is 13.6. The summed E-state index contributed by atoms with van der Waals surface area (Å²) in [6, 6.07) is 6.07. The van der Waals surface area contributed by atoms with Gasteiger partial charge in [0.15, 0.2) is 0 Å². The van der Waals surface area contributed by atoms with Crippen LogP contribution in [0, 0.1) is 17.7 Å². The molecule has 0 spiro atoms. The number of nitrogens with zero attached hydrogens (tertiary/aromatic N) is 2. The lowest BCUT2D eigenvalue weighted by Crippen LogP contribution is -2.49. The van der Waals surface area contributed by atoms with Crippen LogP contribution in [0.1, 0.15) is 13.3 Å². The van der Waals surface area contributed by atoms with E-state index >= 15 is 0 Å². The highest BCUT2D eigenvalue weighted by molar-refractivity contribution is 5.99. The summed E-state index contributed by atoms with van der Waals surface area (Å²) < 4.78 is 13.6. The van der Waals surface area contributed by atoms with Crippen molar-refractivity contribution in [3.8, 4) is 0 Å². The number of benzene rings is 1. The average molecular weight is 319 g/mol. The van der Waals surface area contributed by atoms with Gasteiger partial charge in [-0.1, -0.05) is 19.1 Å². The summed E-state index contributed by atoms with van der Waals surface area (Å²) in [4.78, 5) is 28.8. The number of carbonyl (C=O) groups is 2. The van der Waals surface area contributed by atoms with Crippen LogP contribution in [0.4, 0.5) is 10.1 Å². The van der Waals surface area contributed by atoms with E-state index in [-0.39, 0.29) is 29.3 Å². The number of hydrogen-bond acceptors (Lipinski definition) is 3. The molecular formula is C17H22FN3O2. The van der Waals surface area contributed by atoms with Gasteiger partial charge in [0.25, 0.3) is 0 Å².